The number of hydrogen-bond donors (Lipinski definition) is 1. The number of carbonyl (C=O) groups excluding carboxylic acids is 1. The molecule has 0 aliphatic carbocycles. The van der Waals surface area contributed by atoms with Crippen LogP contribution in [0.15, 0.2) is 73.3 Å². The number of nitrogens with zero attached hydrogens (tertiary/aromatic N) is 3. The monoisotopic (exact) mass is 348 g/mol. The van der Waals surface area contributed by atoms with Crippen molar-refractivity contribution in [3.8, 4) is 0 Å². The van der Waals surface area contributed by atoms with Crippen LogP contribution in [0.3, 0.4) is 0 Å². The van der Waals surface area contributed by atoms with Gasteiger partial charge < -0.3 is 5.32 Å². The van der Waals surface area contributed by atoms with Gasteiger partial charge >= 0.3 is 0 Å². The molecule has 0 spiro atoms. The molecule has 1 amide bonds. The first-order chi connectivity index (χ1) is 12.6. The first-order valence-corrected chi connectivity index (χ1v) is 8.88. The molecule has 1 N–H and O–H groups in total. The lowest BCUT2D eigenvalue weighted by Crippen LogP contribution is -2.44. The second-order valence-corrected chi connectivity index (χ2v) is 6.73. The van der Waals surface area contributed by atoms with Gasteiger partial charge in [-0.3, -0.25) is 9.48 Å². The van der Waals surface area contributed by atoms with Crippen LogP contribution in [-0.4, -0.2) is 26.7 Å². The van der Waals surface area contributed by atoms with E-state index < -0.39 is 0 Å². The molecule has 0 saturated heterocycles. The van der Waals surface area contributed by atoms with Gasteiger partial charge in [0, 0.05) is 0 Å². The fourth-order valence-electron chi connectivity index (χ4n) is 3.00. The van der Waals surface area contributed by atoms with Crippen LogP contribution in [0.25, 0.3) is 0 Å². The van der Waals surface area contributed by atoms with Crippen molar-refractivity contribution in [3.63, 3.8) is 0 Å². The first kappa shape index (κ1) is 17.9. The molecular weight excluding hydrogens is 324 g/mol. The summed E-state index contributed by atoms with van der Waals surface area (Å²) in [6, 6.07) is 19.8. The van der Waals surface area contributed by atoms with Crippen LogP contribution >= 0.6 is 0 Å². The van der Waals surface area contributed by atoms with E-state index in [-0.39, 0.29) is 23.8 Å². The molecule has 26 heavy (non-hydrogen) atoms. The third-order valence-corrected chi connectivity index (χ3v) is 4.51. The molecule has 0 saturated carbocycles. The minimum absolute atomic E-state index is 0.00113. The highest BCUT2D eigenvalue weighted by Gasteiger charge is 2.26. The van der Waals surface area contributed by atoms with Crippen LogP contribution in [0.1, 0.15) is 30.9 Å². The molecule has 1 heterocycles. The van der Waals surface area contributed by atoms with E-state index in [0.29, 0.717) is 6.54 Å². The van der Waals surface area contributed by atoms with Gasteiger partial charge in [0.1, 0.15) is 12.7 Å². The van der Waals surface area contributed by atoms with Crippen LogP contribution in [0.4, 0.5) is 0 Å². The number of amides is 1. The molecule has 5 nitrogen and oxygen atoms in total. The summed E-state index contributed by atoms with van der Waals surface area (Å²) in [5, 5.41) is 7.39. The standard InChI is InChI=1S/C21H24N4O/c1-16(2)19(13-25-15-22-14-23-25)24-21(26)20(17-9-5-3-6-10-17)18-11-7-4-8-12-18/h3-12,14-16,19-20H,13H2,1-2H3,(H,24,26). The molecule has 3 rings (SSSR count). The molecular formula is C21H24N4O. The van der Waals surface area contributed by atoms with Gasteiger partial charge in [-0.1, -0.05) is 74.5 Å². The Morgan fingerprint density at radius 2 is 1.58 bits per heavy atom. The van der Waals surface area contributed by atoms with Gasteiger partial charge in [0.05, 0.1) is 18.5 Å². The zero-order valence-corrected chi connectivity index (χ0v) is 15.1. The zero-order valence-electron chi connectivity index (χ0n) is 15.1. The van der Waals surface area contributed by atoms with Crippen molar-refractivity contribution in [1.82, 2.24) is 20.1 Å². The van der Waals surface area contributed by atoms with Gasteiger partial charge in [-0.05, 0) is 17.0 Å². The Balaban J connectivity index is 1.85. The van der Waals surface area contributed by atoms with Crippen molar-refractivity contribution in [1.29, 1.82) is 0 Å². The quantitative estimate of drug-likeness (QED) is 0.713. The molecule has 3 aromatic rings. The second-order valence-electron chi connectivity index (χ2n) is 6.73. The predicted molar refractivity (Wildman–Crippen MR) is 102 cm³/mol. The Hall–Kier alpha value is -2.95. The Morgan fingerprint density at radius 1 is 1.00 bits per heavy atom. The largest absolute Gasteiger partial charge is 0.350 e. The Labute approximate surface area is 154 Å². The summed E-state index contributed by atoms with van der Waals surface area (Å²) in [6.45, 7) is 4.80. The first-order valence-electron chi connectivity index (χ1n) is 8.88. The highest BCUT2D eigenvalue weighted by molar-refractivity contribution is 5.87. The summed E-state index contributed by atoms with van der Waals surface area (Å²) in [6.07, 6.45) is 3.18. The van der Waals surface area contributed by atoms with E-state index in [1.165, 1.54) is 6.33 Å². The van der Waals surface area contributed by atoms with Crippen molar-refractivity contribution in [2.24, 2.45) is 5.92 Å². The van der Waals surface area contributed by atoms with Gasteiger partial charge in [0.2, 0.25) is 5.91 Å². The lowest BCUT2D eigenvalue weighted by atomic mass is 9.90. The lowest BCUT2D eigenvalue weighted by Gasteiger charge is -2.26. The Morgan fingerprint density at radius 3 is 2.04 bits per heavy atom. The summed E-state index contributed by atoms with van der Waals surface area (Å²) < 4.78 is 1.75. The van der Waals surface area contributed by atoms with Crippen molar-refractivity contribution >= 4 is 5.91 Å². The highest BCUT2D eigenvalue weighted by Crippen LogP contribution is 2.25. The summed E-state index contributed by atoms with van der Waals surface area (Å²) in [5.74, 6) is -0.0639. The van der Waals surface area contributed by atoms with E-state index in [2.05, 4.69) is 29.2 Å². The molecule has 1 atom stereocenters. The number of benzene rings is 2. The fraction of sp³-hybridized carbons (Fsp3) is 0.286. The van der Waals surface area contributed by atoms with Crippen molar-refractivity contribution in [2.75, 3.05) is 0 Å². The van der Waals surface area contributed by atoms with Crippen molar-refractivity contribution in [3.05, 3.63) is 84.4 Å². The number of carbonyl (C=O) groups is 1. The number of hydrogen-bond acceptors (Lipinski definition) is 3. The molecule has 0 fully saturated rings. The summed E-state index contributed by atoms with van der Waals surface area (Å²) in [5.41, 5.74) is 1.97. The average molecular weight is 348 g/mol. The number of nitrogens with one attached hydrogen (secondary N) is 1. The third-order valence-electron chi connectivity index (χ3n) is 4.51. The van der Waals surface area contributed by atoms with Crippen molar-refractivity contribution in [2.45, 2.75) is 32.4 Å². The SMILES string of the molecule is CC(C)C(Cn1cncn1)NC(=O)C(c1ccccc1)c1ccccc1. The Kier molecular flexibility index (Phi) is 5.79. The van der Waals surface area contributed by atoms with Gasteiger partial charge in [0.15, 0.2) is 0 Å². The second kappa shape index (κ2) is 8.43. The van der Waals surface area contributed by atoms with E-state index in [1.54, 1.807) is 11.0 Å². The zero-order chi connectivity index (χ0) is 18.4. The van der Waals surface area contributed by atoms with E-state index in [4.69, 9.17) is 0 Å². The van der Waals surface area contributed by atoms with Gasteiger partial charge in [-0.25, -0.2) is 4.98 Å². The number of aromatic nitrogens is 3. The van der Waals surface area contributed by atoms with Crippen molar-refractivity contribution < 1.29 is 4.79 Å². The Bertz CT molecular complexity index is 761. The average Bonchev–Trinajstić information content (AvgIpc) is 3.16. The van der Waals surface area contributed by atoms with Crippen LogP contribution in [-0.2, 0) is 11.3 Å². The molecule has 1 unspecified atom stereocenters. The van der Waals surface area contributed by atoms with Crippen LogP contribution in [0, 0.1) is 5.92 Å². The summed E-state index contributed by atoms with van der Waals surface area (Å²) >= 11 is 0. The van der Waals surface area contributed by atoms with Crippen LogP contribution in [0.5, 0.6) is 0 Å². The normalized spacial score (nSPS) is 12.3. The molecule has 2 aromatic carbocycles. The third kappa shape index (κ3) is 4.36. The van der Waals surface area contributed by atoms with E-state index in [0.717, 1.165) is 11.1 Å². The summed E-state index contributed by atoms with van der Waals surface area (Å²) in [7, 11) is 0. The molecule has 0 radical (unpaired) electrons. The predicted octanol–water partition coefficient (Wildman–Crippen LogP) is 3.25. The van der Waals surface area contributed by atoms with Crippen LogP contribution in [0.2, 0.25) is 0 Å². The van der Waals surface area contributed by atoms with Gasteiger partial charge in [-0.2, -0.15) is 5.10 Å². The summed E-state index contributed by atoms with van der Waals surface area (Å²) in [4.78, 5) is 17.2. The minimum atomic E-state index is -0.339. The van der Waals surface area contributed by atoms with E-state index in [9.17, 15) is 4.79 Å². The molecule has 134 valence electrons. The number of rotatable bonds is 7. The lowest BCUT2D eigenvalue weighted by molar-refractivity contribution is -0.122. The smallest absolute Gasteiger partial charge is 0.232 e. The van der Waals surface area contributed by atoms with Crippen LogP contribution < -0.4 is 5.32 Å². The van der Waals surface area contributed by atoms with E-state index >= 15 is 0 Å². The fourth-order valence-corrected chi connectivity index (χ4v) is 3.00. The molecule has 1 aromatic heterocycles. The minimum Gasteiger partial charge on any atom is -0.350 e. The molecule has 0 aliphatic rings. The molecule has 0 bridgehead atoms. The maximum atomic E-state index is 13.2. The maximum absolute atomic E-state index is 13.2. The topological polar surface area (TPSA) is 59.8 Å². The molecule has 5 heteroatoms. The van der Waals surface area contributed by atoms with E-state index in [1.807, 2.05) is 60.7 Å². The van der Waals surface area contributed by atoms with Gasteiger partial charge in [0.25, 0.3) is 0 Å². The molecule has 0 aliphatic heterocycles. The highest BCUT2D eigenvalue weighted by atomic mass is 16.2. The maximum Gasteiger partial charge on any atom is 0.232 e. The van der Waals surface area contributed by atoms with Gasteiger partial charge in [-0.15, -0.1) is 0 Å².